The largest absolute Gasteiger partial charge is 0.480 e. The van der Waals surface area contributed by atoms with Crippen LogP contribution in [0.4, 0.5) is 0 Å². The number of nitrogens with zero attached hydrogens (tertiary/aromatic N) is 1. The van der Waals surface area contributed by atoms with Crippen LogP contribution in [0.15, 0.2) is 48.8 Å². The topological polar surface area (TPSA) is 62.2 Å². The number of hydrogen-bond donors (Lipinski definition) is 2. The summed E-state index contributed by atoms with van der Waals surface area (Å²) < 4.78 is 0. The summed E-state index contributed by atoms with van der Waals surface area (Å²) in [5.41, 5.74) is 1.53. The molecule has 2 rings (SSSR count). The Balaban J connectivity index is 2.11. The first kappa shape index (κ1) is 13.5. The van der Waals surface area contributed by atoms with Crippen LogP contribution in [-0.2, 0) is 11.3 Å². The third-order valence-corrected chi connectivity index (χ3v) is 3.07. The molecule has 0 bridgehead atoms. The molecule has 0 aliphatic rings. The fourth-order valence-electron chi connectivity index (χ4n) is 1.75. The minimum absolute atomic E-state index is 0.368. The predicted molar refractivity (Wildman–Crippen MR) is 72.9 cm³/mol. The highest BCUT2D eigenvalue weighted by atomic mass is 35.5. The number of carboxylic acid groups (broad SMARTS) is 1. The molecule has 0 spiro atoms. The van der Waals surface area contributed by atoms with Crippen molar-refractivity contribution < 1.29 is 9.90 Å². The van der Waals surface area contributed by atoms with Gasteiger partial charge in [-0.05, 0) is 17.2 Å². The quantitative estimate of drug-likeness (QED) is 0.881. The summed E-state index contributed by atoms with van der Waals surface area (Å²) in [5.74, 6) is -0.920. The molecule has 19 heavy (non-hydrogen) atoms. The van der Waals surface area contributed by atoms with Crippen LogP contribution in [0.5, 0.6) is 0 Å². The van der Waals surface area contributed by atoms with E-state index in [1.54, 1.807) is 24.4 Å². The Labute approximate surface area is 116 Å². The van der Waals surface area contributed by atoms with Crippen molar-refractivity contribution in [2.45, 2.75) is 12.6 Å². The molecule has 1 unspecified atom stereocenters. The number of benzene rings is 1. The van der Waals surface area contributed by atoms with Crippen molar-refractivity contribution in [3.05, 3.63) is 64.9 Å². The van der Waals surface area contributed by atoms with E-state index in [1.165, 1.54) is 6.20 Å². The molecule has 0 amide bonds. The summed E-state index contributed by atoms with van der Waals surface area (Å²) in [4.78, 5) is 15.2. The molecule has 1 aromatic carbocycles. The molecule has 0 aliphatic heterocycles. The third-order valence-electron chi connectivity index (χ3n) is 2.73. The molecule has 1 heterocycles. The van der Waals surface area contributed by atoms with E-state index in [0.29, 0.717) is 17.1 Å². The van der Waals surface area contributed by atoms with Gasteiger partial charge in [-0.3, -0.25) is 15.1 Å². The van der Waals surface area contributed by atoms with Gasteiger partial charge < -0.3 is 5.11 Å². The fourth-order valence-corrected chi connectivity index (χ4v) is 1.94. The van der Waals surface area contributed by atoms with Crippen molar-refractivity contribution in [2.24, 2.45) is 0 Å². The molecule has 0 radical (unpaired) electrons. The zero-order valence-corrected chi connectivity index (χ0v) is 10.8. The standard InChI is InChI=1S/C14H13ClN2O2/c15-12-9-16-7-6-11(12)8-17-13(14(18)19)10-4-2-1-3-5-10/h1-7,9,13,17H,8H2,(H,18,19). The summed E-state index contributed by atoms with van der Waals surface area (Å²) in [7, 11) is 0. The molecule has 1 atom stereocenters. The van der Waals surface area contributed by atoms with Crippen LogP contribution in [-0.4, -0.2) is 16.1 Å². The number of carboxylic acids is 1. The van der Waals surface area contributed by atoms with Crippen LogP contribution >= 0.6 is 11.6 Å². The number of pyridine rings is 1. The molecule has 4 nitrogen and oxygen atoms in total. The van der Waals surface area contributed by atoms with E-state index >= 15 is 0 Å². The van der Waals surface area contributed by atoms with Crippen molar-refractivity contribution >= 4 is 17.6 Å². The lowest BCUT2D eigenvalue weighted by molar-refractivity contribution is -0.139. The summed E-state index contributed by atoms with van der Waals surface area (Å²) in [6.07, 6.45) is 3.16. The Morgan fingerprint density at radius 2 is 2.05 bits per heavy atom. The van der Waals surface area contributed by atoms with Gasteiger partial charge in [0.25, 0.3) is 0 Å². The zero-order valence-electron chi connectivity index (χ0n) is 10.1. The monoisotopic (exact) mass is 276 g/mol. The summed E-state index contributed by atoms with van der Waals surface area (Å²) >= 11 is 5.98. The molecule has 0 aliphatic carbocycles. The highest BCUT2D eigenvalue weighted by Crippen LogP contribution is 2.17. The minimum Gasteiger partial charge on any atom is -0.480 e. The van der Waals surface area contributed by atoms with E-state index < -0.39 is 12.0 Å². The van der Waals surface area contributed by atoms with Crippen molar-refractivity contribution in [1.82, 2.24) is 10.3 Å². The number of aromatic nitrogens is 1. The second-order valence-electron chi connectivity index (χ2n) is 4.03. The van der Waals surface area contributed by atoms with Gasteiger partial charge in [-0.25, -0.2) is 0 Å². The second kappa shape index (κ2) is 6.31. The average molecular weight is 277 g/mol. The van der Waals surface area contributed by atoms with E-state index in [9.17, 15) is 9.90 Å². The highest BCUT2D eigenvalue weighted by molar-refractivity contribution is 6.31. The average Bonchev–Trinajstić information content (AvgIpc) is 2.42. The van der Waals surface area contributed by atoms with Crippen LogP contribution in [0.1, 0.15) is 17.2 Å². The smallest absolute Gasteiger partial charge is 0.325 e. The molecular formula is C14H13ClN2O2. The molecule has 0 saturated heterocycles. The first-order valence-corrected chi connectivity index (χ1v) is 6.16. The van der Waals surface area contributed by atoms with E-state index in [4.69, 9.17) is 11.6 Å². The maximum atomic E-state index is 11.3. The van der Waals surface area contributed by atoms with Gasteiger partial charge in [-0.15, -0.1) is 0 Å². The van der Waals surface area contributed by atoms with Crippen molar-refractivity contribution in [1.29, 1.82) is 0 Å². The Hall–Kier alpha value is -1.91. The highest BCUT2D eigenvalue weighted by Gasteiger charge is 2.18. The fraction of sp³-hybridized carbons (Fsp3) is 0.143. The normalized spacial score (nSPS) is 12.1. The second-order valence-corrected chi connectivity index (χ2v) is 4.44. The maximum Gasteiger partial charge on any atom is 0.325 e. The Morgan fingerprint density at radius 3 is 2.68 bits per heavy atom. The summed E-state index contributed by atoms with van der Waals surface area (Å²) in [5, 5.41) is 12.8. The Morgan fingerprint density at radius 1 is 1.32 bits per heavy atom. The molecular weight excluding hydrogens is 264 g/mol. The Bertz CT molecular complexity index is 560. The summed E-state index contributed by atoms with van der Waals surface area (Å²) in [6.45, 7) is 0.368. The number of aliphatic carboxylic acids is 1. The van der Waals surface area contributed by atoms with Gasteiger partial charge >= 0.3 is 5.97 Å². The third kappa shape index (κ3) is 3.53. The van der Waals surface area contributed by atoms with Gasteiger partial charge in [0.1, 0.15) is 6.04 Å². The lowest BCUT2D eigenvalue weighted by Crippen LogP contribution is -2.28. The first-order valence-electron chi connectivity index (χ1n) is 5.78. The molecule has 98 valence electrons. The van der Waals surface area contributed by atoms with Crippen LogP contribution in [0.2, 0.25) is 5.02 Å². The SMILES string of the molecule is O=C(O)C(NCc1ccncc1Cl)c1ccccc1. The maximum absolute atomic E-state index is 11.3. The lowest BCUT2D eigenvalue weighted by atomic mass is 10.1. The first-order chi connectivity index (χ1) is 9.18. The van der Waals surface area contributed by atoms with Gasteiger partial charge in [0.2, 0.25) is 0 Å². The van der Waals surface area contributed by atoms with Gasteiger partial charge in [-0.1, -0.05) is 41.9 Å². The van der Waals surface area contributed by atoms with E-state index in [1.807, 2.05) is 18.2 Å². The minimum atomic E-state index is -0.920. The van der Waals surface area contributed by atoms with E-state index in [0.717, 1.165) is 5.56 Å². The molecule has 0 fully saturated rings. The molecule has 1 aromatic heterocycles. The zero-order chi connectivity index (χ0) is 13.7. The van der Waals surface area contributed by atoms with E-state index in [-0.39, 0.29) is 0 Å². The number of halogens is 1. The van der Waals surface area contributed by atoms with Crippen molar-refractivity contribution in [3.63, 3.8) is 0 Å². The van der Waals surface area contributed by atoms with Gasteiger partial charge in [0.15, 0.2) is 0 Å². The van der Waals surface area contributed by atoms with Crippen LogP contribution in [0, 0.1) is 0 Å². The number of hydrogen-bond acceptors (Lipinski definition) is 3. The lowest BCUT2D eigenvalue weighted by Gasteiger charge is -2.15. The molecule has 0 saturated carbocycles. The predicted octanol–water partition coefficient (Wildman–Crippen LogP) is 2.65. The summed E-state index contributed by atoms with van der Waals surface area (Å²) in [6, 6.07) is 10.0. The van der Waals surface area contributed by atoms with Crippen LogP contribution in [0.3, 0.4) is 0 Å². The number of carbonyl (C=O) groups is 1. The van der Waals surface area contributed by atoms with Gasteiger partial charge in [0.05, 0.1) is 5.02 Å². The molecule has 2 N–H and O–H groups in total. The van der Waals surface area contributed by atoms with E-state index in [2.05, 4.69) is 10.3 Å². The molecule has 2 aromatic rings. The van der Waals surface area contributed by atoms with Crippen LogP contribution < -0.4 is 5.32 Å². The van der Waals surface area contributed by atoms with Gasteiger partial charge in [-0.2, -0.15) is 0 Å². The van der Waals surface area contributed by atoms with Crippen molar-refractivity contribution in [2.75, 3.05) is 0 Å². The Kier molecular flexibility index (Phi) is 4.49. The number of rotatable bonds is 5. The van der Waals surface area contributed by atoms with Crippen LogP contribution in [0.25, 0.3) is 0 Å². The van der Waals surface area contributed by atoms with Crippen molar-refractivity contribution in [3.8, 4) is 0 Å². The number of nitrogens with one attached hydrogen (secondary N) is 1. The molecule has 5 heteroatoms. The van der Waals surface area contributed by atoms with Gasteiger partial charge in [0, 0.05) is 18.9 Å².